The van der Waals surface area contributed by atoms with Crippen molar-refractivity contribution in [2.45, 2.75) is 59.7 Å². The largest absolute Gasteiger partial charge is 0.477 e. The first-order valence-electron chi connectivity index (χ1n) is 12.7. The Bertz CT molecular complexity index is 1270. The molecule has 0 radical (unpaired) electrons. The van der Waals surface area contributed by atoms with E-state index in [4.69, 9.17) is 5.73 Å². The number of carbonyl (C=O) groups excluding carboxylic acids is 2. The molecule has 5 atom stereocenters. The van der Waals surface area contributed by atoms with Crippen LogP contribution in [0.4, 0.5) is 0 Å². The van der Waals surface area contributed by atoms with Crippen LogP contribution in [0.1, 0.15) is 39.0 Å². The zero-order valence-electron chi connectivity index (χ0n) is 21.8. The molecule has 1 saturated heterocycles. The molecule has 2 aliphatic heterocycles. The van der Waals surface area contributed by atoms with Crippen LogP contribution in [0.2, 0.25) is 0 Å². The standard InChI is InChI=1S/C25H32N6O5S3/c1-3-15(8-7-11-18(12-19(26)32)39(36)17-9-5-4-6-10-17)20-22(33)31-21(24(34)35)16(13-37-23(20)31)14-38-25-27-28-29-30(25)2/h4-6,9-10,15,18,20,23H,3,7-8,11-14H2,1-2H3,(H2,26,32)(H,34,35)/t15?,18?,20?,23-,39?/m0/s1. The Balaban J connectivity index is 1.40. The first-order valence-corrected chi connectivity index (χ1v) is 16.0. The maximum atomic E-state index is 13.3. The first kappa shape index (κ1) is 29.3. The van der Waals surface area contributed by atoms with Gasteiger partial charge in [-0.05, 0) is 46.9 Å². The molecule has 0 aliphatic carbocycles. The number of carboxylic acids is 1. The van der Waals surface area contributed by atoms with Crippen molar-refractivity contribution in [3.05, 3.63) is 41.6 Å². The molecule has 2 aromatic rings. The molecule has 1 fully saturated rings. The number of nitrogens with zero attached hydrogens (tertiary/aromatic N) is 5. The van der Waals surface area contributed by atoms with Gasteiger partial charge >= 0.3 is 5.97 Å². The summed E-state index contributed by atoms with van der Waals surface area (Å²) < 4.78 is 14.6. The molecule has 1 aromatic carbocycles. The number of rotatable bonds is 14. The second kappa shape index (κ2) is 13.1. The van der Waals surface area contributed by atoms with E-state index in [-0.39, 0.29) is 35.2 Å². The summed E-state index contributed by atoms with van der Waals surface area (Å²) in [6, 6.07) is 9.04. The quantitative estimate of drug-likeness (QED) is 0.246. The topological polar surface area (TPSA) is 161 Å². The van der Waals surface area contributed by atoms with Crippen molar-refractivity contribution in [2.75, 3.05) is 11.5 Å². The maximum absolute atomic E-state index is 13.3. The molecule has 0 saturated carbocycles. The van der Waals surface area contributed by atoms with Crippen molar-refractivity contribution in [3.63, 3.8) is 0 Å². The number of nitrogens with two attached hydrogens (primary N) is 1. The number of aliphatic carboxylic acids is 1. The fourth-order valence-electron chi connectivity index (χ4n) is 5.12. The lowest BCUT2D eigenvalue weighted by atomic mass is 9.79. The van der Waals surface area contributed by atoms with Crippen LogP contribution < -0.4 is 5.73 Å². The number of fused-ring (bicyclic) bond motifs is 1. The lowest BCUT2D eigenvalue weighted by molar-refractivity contribution is -0.155. The van der Waals surface area contributed by atoms with Crippen LogP contribution in [0.5, 0.6) is 0 Å². The molecular formula is C25H32N6O5S3. The highest BCUT2D eigenvalue weighted by molar-refractivity contribution is 8.01. The van der Waals surface area contributed by atoms with Crippen molar-refractivity contribution in [1.29, 1.82) is 0 Å². The molecule has 1 aromatic heterocycles. The van der Waals surface area contributed by atoms with Crippen molar-refractivity contribution in [1.82, 2.24) is 25.1 Å². The number of aromatic nitrogens is 4. The van der Waals surface area contributed by atoms with E-state index < -0.39 is 27.9 Å². The molecule has 2 amide bonds. The number of carboxylic acid groups (broad SMARTS) is 1. The van der Waals surface area contributed by atoms with Gasteiger partial charge in [-0.1, -0.05) is 49.7 Å². The molecule has 2 aliphatic rings. The normalized spacial score (nSPS) is 21.2. The number of benzene rings is 1. The van der Waals surface area contributed by atoms with Crippen molar-refractivity contribution in [2.24, 2.45) is 24.6 Å². The van der Waals surface area contributed by atoms with Gasteiger partial charge in [0.15, 0.2) is 0 Å². The molecule has 0 spiro atoms. The summed E-state index contributed by atoms with van der Waals surface area (Å²) in [5.74, 6) is -1.09. The van der Waals surface area contributed by atoms with E-state index in [2.05, 4.69) is 15.5 Å². The van der Waals surface area contributed by atoms with Gasteiger partial charge in [0.2, 0.25) is 17.0 Å². The van der Waals surface area contributed by atoms with Crippen LogP contribution in [0.3, 0.4) is 0 Å². The molecule has 0 bridgehead atoms. The number of carbonyl (C=O) groups is 3. The van der Waals surface area contributed by atoms with Crippen LogP contribution in [-0.4, -0.2) is 74.3 Å². The molecule has 4 rings (SSSR count). The van der Waals surface area contributed by atoms with Gasteiger partial charge in [0.1, 0.15) is 5.70 Å². The van der Waals surface area contributed by atoms with E-state index >= 15 is 0 Å². The van der Waals surface area contributed by atoms with E-state index in [0.717, 1.165) is 6.42 Å². The number of amides is 2. The summed E-state index contributed by atoms with van der Waals surface area (Å²) in [6.07, 6.45) is 2.74. The van der Waals surface area contributed by atoms with Gasteiger partial charge in [0, 0.05) is 35.1 Å². The summed E-state index contributed by atoms with van der Waals surface area (Å²) >= 11 is 2.93. The van der Waals surface area contributed by atoms with E-state index in [1.165, 1.54) is 21.3 Å². The Morgan fingerprint density at radius 3 is 2.64 bits per heavy atom. The number of primary amides is 1. The highest BCUT2D eigenvalue weighted by Crippen LogP contribution is 2.49. The van der Waals surface area contributed by atoms with Gasteiger partial charge in [-0.15, -0.1) is 16.9 Å². The molecular weight excluding hydrogens is 561 g/mol. The predicted octanol–water partition coefficient (Wildman–Crippen LogP) is 2.42. The smallest absolute Gasteiger partial charge is 0.352 e. The zero-order valence-corrected chi connectivity index (χ0v) is 24.2. The first-order chi connectivity index (χ1) is 18.7. The average Bonchev–Trinajstić information content (AvgIpc) is 3.34. The van der Waals surface area contributed by atoms with Crippen molar-refractivity contribution in [3.8, 4) is 0 Å². The second-order valence-electron chi connectivity index (χ2n) is 9.57. The summed E-state index contributed by atoms with van der Waals surface area (Å²) in [5.41, 5.74) is 6.19. The number of hydrogen-bond donors (Lipinski definition) is 2. The monoisotopic (exact) mass is 592 g/mol. The predicted molar refractivity (Wildman–Crippen MR) is 149 cm³/mol. The number of β-lactam (4-membered cyclic amide) rings is 1. The summed E-state index contributed by atoms with van der Waals surface area (Å²) in [4.78, 5) is 39.3. The average molecular weight is 593 g/mol. The lowest BCUT2D eigenvalue weighted by Gasteiger charge is -2.52. The van der Waals surface area contributed by atoms with Crippen LogP contribution in [-0.2, 0) is 32.2 Å². The van der Waals surface area contributed by atoms with Crippen LogP contribution in [0.25, 0.3) is 0 Å². The van der Waals surface area contributed by atoms with Gasteiger partial charge < -0.3 is 10.8 Å². The fraction of sp³-hybridized carbons (Fsp3) is 0.520. The third-order valence-electron chi connectivity index (χ3n) is 7.09. The Hall–Kier alpha value is -2.71. The van der Waals surface area contributed by atoms with Gasteiger partial charge in [-0.3, -0.25) is 18.7 Å². The van der Waals surface area contributed by atoms with Gasteiger partial charge in [0.25, 0.3) is 0 Å². The minimum atomic E-state index is -1.37. The van der Waals surface area contributed by atoms with Crippen molar-refractivity contribution >= 4 is 52.1 Å². The van der Waals surface area contributed by atoms with E-state index in [1.807, 2.05) is 25.1 Å². The molecule has 11 nitrogen and oxygen atoms in total. The molecule has 3 heterocycles. The Kier molecular flexibility index (Phi) is 9.83. The van der Waals surface area contributed by atoms with Gasteiger partial charge in [-0.25, -0.2) is 9.48 Å². The van der Waals surface area contributed by atoms with Crippen molar-refractivity contribution < 1.29 is 23.7 Å². The Morgan fingerprint density at radius 1 is 1.28 bits per heavy atom. The van der Waals surface area contributed by atoms with Crippen LogP contribution >= 0.6 is 23.5 Å². The summed E-state index contributed by atoms with van der Waals surface area (Å²) in [6.45, 7) is 2.03. The SMILES string of the molecule is CCC(CCCC(CC(N)=O)S(=O)c1ccccc1)C1C(=O)N2C(C(=O)O)=C(CSc3nnnn3C)CS[C@@H]12. The molecule has 14 heteroatoms. The van der Waals surface area contributed by atoms with E-state index in [1.54, 1.807) is 30.9 Å². The molecule has 210 valence electrons. The number of thioether (sulfide) groups is 2. The van der Waals surface area contributed by atoms with Gasteiger partial charge in [0.05, 0.1) is 22.1 Å². The highest BCUT2D eigenvalue weighted by Gasteiger charge is 2.55. The Labute approximate surface area is 237 Å². The second-order valence-corrected chi connectivity index (χ2v) is 13.3. The maximum Gasteiger partial charge on any atom is 0.352 e. The minimum absolute atomic E-state index is 0.0326. The van der Waals surface area contributed by atoms with Crippen LogP contribution in [0.15, 0.2) is 51.7 Å². The minimum Gasteiger partial charge on any atom is -0.477 e. The number of hydrogen-bond acceptors (Lipinski definition) is 9. The van der Waals surface area contributed by atoms with Crippen LogP contribution in [0, 0.1) is 11.8 Å². The molecule has 3 N–H and O–H groups in total. The third kappa shape index (κ3) is 6.55. The number of aryl methyl sites for hydroxylation is 1. The third-order valence-corrected chi connectivity index (χ3v) is 11.3. The zero-order chi connectivity index (χ0) is 28.1. The van der Waals surface area contributed by atoms with Gasteiger partial charge in [-0.2, -0.15) is 0 Å². The molecule has 4 unspecified atom stereocenters. The highest BCUT2D eigenvalue weighted by atomic mass is 32.2. The molecule has 39 heavy (non-hydrogen) atoms. The number of tetrazole rings is 1. The van der Waals surface area contributed by atoms with E-state index in [0.29, 0.717) is 46.4 Å². The Morgan fingerprint density at radius 2 is 2.03 bits per heavy atom. The summed E-state index contributed by atoms with van der Waals surface area (Å²) in [7, 11) is 0.346. The fourth-order valence-corrected chi connectivity index (χ4v) is 9.13. The lowest BCUT2D eigenvalue weighted by Crippen LogP contribution is -2.63. The van der Waals surface area contributed by atoms with E-state index in [9.17, 15) is 23.7 Å². The summed E-state index contributed by atoms with van der Waals surface area (Å²) in [5, 5.41) is 21.2.